The maximum Gasteiger partial charge on any atom is 0.243 e. The predicted molar refractivity (Wildman–Crippen MR) is 135 cm³/mol. The number of para-hydroxylation sites is 2. The van der Waals surface area contributed by atoms with Crippen molar-refractivity contribution in [3.8, 4) is 5.75 Å². The number of carbonyl (C=O) groups excluding carboxylic acids is 3. The number of hydroxylamine groups is 1. The second kappa shape index (κ2) is 14.1. The third-order valence-electron chi connectivity index (χ3n) is 6.16. The van der Waals surface area contributed by atoms with Crippen LogP contribution in [0.25, 0.3) is 0 Å². The Morgan fingerprint density at radius 2 is 1.54 bits per heavy atom. The number of likely N-dealkylation sites (N-methyl/N-ethyl adjacent to an activating group) is 1. The standard InChI is InChI=1S/C27H37N3O5/c1-4-29(5-2)27(34)20(3)22-17-15-21(16-18-22)19-30(23-11-9-10-12-24(23)31)26(33)14-8-6-7-13-25(32)28-35/h9-12,15-18,20,31,35H,4-8,13-14,19H2,1-3H3,(H,28,32). The molecule has 0 saturated carbocycles. The lowest BCUT2D eigenvalue weighted by Crippen LogP contribution is -2.33. The summed E-state index contributed by atoms with van der Waals surface area (Å²) in [4.78, 5) is 40.3. The molecule has 3 N–H and O–H groups in total. The summed E-state index contributed by atoms with van der Waals surface area (Å²) in [6.45, 7) is 7.45. The molecule has 2 aromatic rings. The number of benzene rings is 2. The molecule has 8 nitrogen and oxygen atoms in total. The molecule has 1 atom stereocenters. The normalized spacial score (nSPS) is 11.5. The van der Waals surface area contributed by atoms with Crippen molar-refractivity contribution in [3.05, 3.63) is 59.7 Å². The minimum atomic E-state index is -0.441. The molecule has 0 bridgehead atoms. The van der Waals surface area contributed by atoms with Gasteiger partial charge in [-0.2, -0.15) is 0 Å². The number of phenolic OH excluding ortho intramolecular Hbond substituents is 1. The third kappa shape index (κ3) is 8.10. The zero-order chi connectivity index (χ0) is 25.8. The van der Waals surface area contributed by atoms with E-state index in [4.69, 9.17) is 5.21 Å². The smallest absolute Gasteiger partial charge is 0.243 e. The van der Waals surface area contributed by atoms with Crippen LogP contribution in [-0.2, 0) is 20.9 Å². The van der Waals surface area contributed by atoms with Crippen molar-refractivity contribution in [2.75, 3.05) is 18.0 Å². The van der Waals surface area contributed by atoms with Crippen LogP contribution in [0.5, 0.6) is 5.75 Å². The Morgan fingerprint density at radius 3 is 2.14 bits per heavy atom. The van der Waals surface area contributed by atoms with Crippen LogP contribution in [0.4, 0.5) is 5.69 Å². The number of hydrogen-bond acceptors (Lipinski definition) is 5. The van der Waals surface area contributed by atoms with Gasteiger partial charge in [0.15, 0.2) is 0 Å². The summed E-state index contributed by atoms with van der Waals surface area (Å²) in [6, 6.07) is 14.4. The Balaban J connectivity index is 2.11. The van der Waals surface area contributed by atoms with Gasteiger partial charge in [0.1, 0.15) is 5.75 Å². The molecule has 3 amide bonds. The molecule has 190 valence electrons. The van der Waals surface area contributed by atoms with Crippen LogP contribution in [0.15, 0.2) is 48.5 Å². The van der Waals surface area contributed by atoms with Gasteiger partial charge in [-0.25, -0.2) is 5.48 Å². The zero-order valence-electron chi connectivity index (χ0n) is 20.9. The van der Waals surface area contributed by atoms with Crippen molar-refractivity contribution in [1.82, 2.24) is 10.4 Å². The second-order valence-electron chi connectivity index (χ2n) is 8.54. The number of hydrogen-bond donors (Lipinski definition) is 3. The van der Waals surface area contributed by atoms with Gasteiger partial charge in [0.25, 0.3) is 0 Å². The van der Waals surface area contributed by atoms with Crippen LogP contribution >= 0.6 is 0 Å². The molecule has 0 aliphatic heterocycles. The van der Waals surface area contributed by atoms with Crippen LogP contribution in [0.1, 0.15) is 69.9 Å². The molecular formula is C27H37N3O5. The molecule has 0 aliphatic rings. The first kappa shape index (κ1) is 27.9. The van der Waals surface area contributed by atoms with Gasteiger partial charge in [-0.05, 0) is 56.9 Å². The van der Waals surface area contributed by atoms with Gasteiger partial charge in [0, 0.05) is 25.9 Å². The summed E-state index contributed by atoms with van der Waals surface area (Å²) in [5.74, 6) is -0.718. The molecule has 0 radical (unpaired) electrons. The fourth-order valence-corrected chi connectivity index (χ4v) is 3.98. The number of amides is 3. The van der Waals surface area contributed by atoms with E-state index in [1.54, 1.807) is 34.6 Å². The third-order valence-corrected chi connectivity index (χ3v) is 6.16. The van der Waals surface area contributed by atoms with Crippen molar-refractivity contribution in [1.29, 1.82) is 0 Å². The van der Waals surface area contributed by atoms with Gasteiger partial charge in [0.2, 0.25) is 17.7 Å². The van der Waals surface area contributed by atoms with E-state index in [1.807, 2.05) is 49.9 Å². The van der Waals surface area contributed by atoms with Crippen LogP contribution in [0.3, 0.4) is 0 Å². The Bertz CT molecular complexity index is 973. The quantitative estimate of drug-likeness (QED) is 0.223. The lowest BCUT2D eigenvalue weighted by molar-refractivity contribution is -0.132. The number of rotatable bonds is 13. The predicted octanol–water partition coefficient (Wildman–Crippen LogP) is 4.35. The molecule has 8 heteroatoms. The highest BCUT2D eigenvalue weighted by Gasteiger charge is 2.21. The van der Waals surface area contributed by atoms with Gasteiger partial charge in [0.05, 0.1) is 18.2 Å². The van der Waals surface area contributed by atoms with E-state index >= 15 is 0 Å². The lowest BCUT2D eigenvalue weighted by Gasteiger charge is -2.25. The number of anilines is 1. The van der Waals surface area contributed by atoms with E-state index in [0.717, 1.165) is 11.1 Å². The highest BCUT2D eigenvalue weighted by molar-refractivity contribution is 5.94. The zero-order valence-corrected chi connectivity index (χ0v) is 20.9. The van der Waals surface area contributed by atoms with Gasteiger partial charge >= 0.3 is 0 Å². The Morgan fingerprint density at radius 1 is 0.914 bits per heavy atom. The summed E-state index contributed by atoms with van der Waals surface area (Å²) < 4.78 is 0. The fraction of sp³-hybridized carbons (Fsp3) is 0.444. The number of nitrogens with one attached hydrogen (secondary N) is 1. The van der Waals surface area contributed by atoms with E-state index < -0.39 is 5.91 Å². The van der Waals surface area contributed by atoms with Crippen molar-refractivity contribution >= 4 is 23.4 Å². The minimum absolute atomic E-state index is 0.0236. The van der Waals surface area contributed by atoms with E-state index in [9.17, 15) is 19.5 Å². The Hall–Kier alpha value is -3.39. The molecule has 0 aliphatic carbocycles. The summed E-state index contributed by atoms with van der Waals surface area (Å²) in [7, 11) is 0. The first-order chi connectivity index (χ1) is 16.8. The van der Waals surface area contributed by atoms with E-state index in [-0.39, 0.29) is 42.9 Å². The number of phenols is 1. The average Bonchev–Trinajstić information content (AvgIpc) is 2.87. The van der Waals surface area contributed by atoms with Crippen molar-refractivity contribution < 1.29 is 24.7 Å². The highest BCUT2D eigenvalue weighted by atomic mass is 16.5. The summed E-state index contributed by atoms with van der Waals surface area (Å²) in [5.41, 5.74) is 3.84. The van der Waals surface area contributed by atoms with Gasteiger partial charge in [-0.15, -0.1) is 0 Å². The van der Waals surface area contributed by atoms with Crippen molar-refractivity contribution in [3.63, 3.8) is 0 Å². The molecule has 0 fully saturated rings. The lowest BCUT2D eigenvalue weighted by atomic mass is 9.98. The summed E-state index contributed by atoms with van der Waals surface area (Å²) in [5, 5.41) is 18.9. The molecule has 0 aromatic heterocycles. The Kier molecular flexibility index (Phi) is 11.2. The molecule has 2 rings (SSSR count). The van der Waals surface area contributed by atoms with Crippen LogP contribution in [-0.4, -0.2) is 46.0 Å². The molecule has 2 aromatic carbocycles. The van der Waals surface area contributed by atoms with Crippen LogP contribution in [0.2, 0.25) is 0 Å². The average molecular weight is 484 g/mol. The van der Waals surface area contributed by atoms with Gasteiger partial charge in [-0.3, -0.25) is 19.6 Å². The van der Waals surface area contributed by atoms with Crippen molar-refractivity contribution in [2.24, 2.45) is 0 Å². The largest absolute Gasteiger partial charge is 0.506 e. The maximum absolute atomic E-state index is 13.1. The summed E-state index contributed by atoms with van der Waals surface area (Å²) in [6.07, 6.45) is 2.30. The maximum atomic E-state index is 13.1. The first-order valence-electron chi connectivity index (χ1n) is 12.2. The van der Waals surface area contributed by atoms with Gasteiger partial charge < -0.3 is 14.9 Å². The highest BCUT2D eigenvalue weighted by Crippen LogP contribution is 2.29. The molecule has 1 unspecified atom stereocenters. The first-order valence-corrected chi connectivity index (χ1v) is 12.2. The van der Waals surface area contributed by atoms with E-state index in [1.165, 1.54) is 0 Å². The minimum Gasteiger partial charge on any atom is -0.506 e. The second-order valence-corrected chi connectivity index (χ2v) is 8.54. The number of unbranched alkanes of at least 4 members (excludes halogenated alkanes) is 2. The van der Waals surface area contributed by atoms with Gasteiger partial charge in [-0.1, -0.05) is 42.8 Å². The number of nitrogens with zero attached hydrogens (tertiary/aromatic N) is 2. The van der Waals surface area contributed by atoms with Crippen LogP contribution < -0.4 is 10.4 Å². The molecule has 0 spiro atoms. The SMILES string of the molecule is CCN(CC)C(=O)C(C)c1ccc(CN(C(=O)CCCCCC(=O)NO)c2ccccc2O)cc1. The molecule has 0 heterocycles. The number of aromatic hydroxyl groups is 1. The summed E-state index contributed by atoms with van der Waals surface area (Å²) >= 11 is 0. The molecule has 35 heavy (non-hydrogen) atoms. The monoisotopic (exact) mass is 483 g/mol. The van der Waals surface area contributed by atoms with E-state index in [0.29, 0.717) is 38.0 Å². The fourth-order valence-electron chi connectivity index (χ4n) is 3.98. The van der Waals surface area contributed by atoms with E-state index in [2.05, 4.69) is 0 Å². The molecular weight excluding hydrogens is 446 g/mol. The number of carbonyl (C=O) groups is 3. The van der Waals surface area contributed by atoms with Crippen LogP contribution in [0, 0.1) is 0 Å². The van der Waals surface area contributed by atoms with Crippen molar-refractivity contribution in [2.45, 2.75) is 65.3 Å². The molecule has 0 saturated heterocycles. The Labute approximate surface area is 207 Å². The topological polar surface area (TPSA) is 110 Å².